The van der Waals surface area contributed by atoms with Crippen LogP contribution in [0.1, 0.15) is 24.0 Å². The van der Waals surface area contributed by atoms with Crippen LogP contribution in [0.15, 0.2) is 35.4 Å². The maximum atomic E-state index is 11.0. The van der Waals surface area contributed by atoms with E-state index in [9.17, 15) is 19.2 Å². The van der Waals surface area contributed by atoms with Gasteiger partial charge in [0.05, 0.1) is 0 Å². The average Bonchev–Trinajstić information content (AvgIpc) is 2.46. The van der Waals surface area contributed by atoms with Gasteiger partial charge in [-0.05, 0) is 29.3 Å². The molecule has 6 heteroatoms. The molecule has 1 aromatic carbocycles. The summed E-state index contributed by atoms with van der Waals surface area (Å²) in [5.74, 6) is -2.39. The van der Waals surface area contributed by atoms with Crippen LogP contribution in [0.25, 0.3) is 12.2 Å². The summed E-state index contributed by atoms with van der Waals surface area (Å²) >= 11 is 0. The van der Waals surface area contributed by atoms with Crippen LogP contribution >= 0.6 is 0 Å². The van der Waals surface area contributed by atoms with Crippen LogP contribution in [-0.4, -0.2) is 34.7 Å². The van der Waals surface area contributed by atoms with E-state index in [2.05, 4.69) is 0 Å². The molecule has 22 heavy (non-hydrogen) atoms. The summed E-state index contributed by atoms with van der Waals surface area (Å²) in [6.07, 6.45) is 3.23. The molecule has 1 aromatic rings. The van der Waals surface area contributed by atoms with Gasteiger partial charge in [0.25, 0.3) is 0 Å². The number of aliphatic carboxylic acids is 2. The fraction of sp³-hybridized carbons (Fsp3) is 0.125. The van der Waals surface area contributed by atoms with E-state index in [1.165, 1.54) is 12.2 Å². The Morgan fingerprint density at radius 3 is 1.59 bits per heavy atom. The predicted molar refractivity (Wildman–Crippen MR) is 79.0 cm³/mol. The van der Waals surface area contributed by atoms with Crippen LogP contribution < -0.4 is 0 Å². The highest BCUT2D eigenvalue weighted by atomic mass is 16.4. The van der Waals surface area contributed by atoms with Gasteiger partial charge in [0.15, 0.2) is 0 Å². The lowest BCUT2D eigenvalue weighted by Crippen LogP contribution is -2.01. The van der Waals surface area contributed by atoms with Crippen LogP contribution in [0.2, 0.25) is 0 Å². The fourth-order valence-electron chi connectivity index (χ4n) is 1.74. The lowest BCUT2D eigenvalue weighted by atomic mass is 10.0. The molecule has 0 amide bonds. The molecule has 0 aromatic heterocycles. The number of carboxylic acids is 2. The molecule has 0 aliphatic heterocycles. The van der Waals surface area contributed by atoms with Crippen molar-refractivity contribution in [2.75, 3.05) is 0 Å². The zero-order valence-electron chi connectivity index (χ0n) is 11.6. The second-order valence-electron chi connectivity index (χ2n) is 4.36. The molecule has 0 spiro atoms. The Bertz CT molecular complexity index is 601. The minimum atomic E-state index is -1.19. The number of carboxylic acid groups (broad SMARTS) is 2. The number of rotatable bonds is 8. The molecular weight excluding hydrogens is 288 g/mol. The maximum absolute atomic E-state index is 11.0. The molecule has 0 atom stereocenters. The maximum Gasteiger partial charge on any atom is 0.332 e. The molecule has 2 N–H and O–H groups in total. The van der Waals surface area contributed by atoms with Crippen molar-refractivity contribution in [2.45, 2.75) is 12.8 Å². The molecule has 0 bridgehead atoms. The SMILES string of the molecule is O=CCC(=Cc1cccc(C=C(CC=O)C(=O)O)c1)C(=O)O. The van der Waals surface area contributed by atoms with Crippen molar-refractivity contribution < 1.29 is 29.4 Å². The minimum Gasteiger partial charge on any atom is -0.478 e. The fourth-order valence-corrected chi connectivity index (χ4v) is 1.74. The Balaban J connectivity index is 3.18. The van der Waals surface area contributed by atoms with Gasteiger partial charge in [0.1, 0.15) is 12.6 Å². The summed E-state index contributed by atoms with van der Waals surface area (Å²) in [4.78, 5) is 42.9. The van der Waals surface area contributed by atoms with Crippen molar-refractivity contribution in [3.05, 3.63) is 46.5 Å². The van der Waals surface area contributed by atoms with Gasteiger partial charge in [-0.2, -0.15) is 0 Å². The first-order valence-electron chi connectivity index (χ1n) is 6.33. The summed E-state index contributed by atoms with van der Waals surface area (Å²) in [6.45, 7) is 0. The summed E-state index contributed by atoms with van der Waals surface area (Å²) in [7, 11) is 0. The van der Waals surface area contributed by atoms with E-state index >= 15 is 0 Å². The van der Waals surface area contributed by atoms with E-state index in [4.69, 9.17) is 10.2 Å². The molecule has 0 aliphatic rings. The highest BCUT2D eigenvalue weighted by Crippen LogP contribution is 2.15. The zero-order valence-corrected chi connectivity index (χ0v) is 11.6. The van der Waals surface area contributed by atoms with Crippen molar-refractivity contribution in [1.82, 2.24) is 0 Å². The number of carbonyl (C=O) groups excluding carboxylic acids is 2. The molecule has 114 valence electrons. The Hall–Kier alpha value is -3.02. The lowest BCUT2D eigenvalue weighted by molar-refractivity contribution is -0.133. The predicted octanol–water partition coefficient (Wildman–Crippen LogP) is 1.80. The van der Waals surface area contributed by atoms with Gasteiger partial charge in [-0.3, -0.25) is 0 Å². The van der Waals surface area contributed by atoms with Crippen LogP contribution in [0.4, 0.5) is 0 Å². The quantitative estimate of drug-likeness (QED) is 0.560. The van der Waals surface area contributed by atoms with Crippen LogP contribution in [0, 0.1) is 0 Å². The Labute approximate surface area is 126 Å². The van der Waals surface area contributed by atoms with Crippen molar-refractivity contribution >= 4 is 36.7 Å². The number of aldehydes is 2. The molecule has 0 radical (unpaired) electrons. The van der Waals surface area contributed by atoms with Gasteiger partial charge in [0, 0.05) is 24.0 Å². The first-order valence-corrected chi connectivity index (χ1v) is 6.33. The highest BCUT2D eigenvalue weighted by molar-refractivity contribution is 5.96. The largest absolute Gasteiger partial charge is 0.478 e. The summed E-state index contributed by atoms with van der Waals surface area (Å²) in [5.41, 5.74) is 0.901. The minimum absolute atomic E-state index is 0.0671. The third-order valence-corrected chi connectivity index (χ3v) is 2.75. The van der Waals surface area contributed by atoms with Crippen LogP contribution in [0.5, 0.6) is 0 Å². The molecule has 0 saturated heterocycles. The van der Waals surface area contributed by atoms with Gasteiger partial charge in [-0.15, -0.1) is 0 Å². The van der Waals surface area contributed by atoms with Gasteiger partial charge < -0.3 is 19.8 Å². The van der Waals surface area contributed by atoms with Crippen molar-refractivity contribution in [1.29, 1.82) is 0 Å². The molecule has 0 saturated carbocycles. The molecule has 1 rings (SSSR count). The zero-order chi connectivity index (χ0) is 16.5. The Morgan fingerprint density at radius 1 is 0.864 bits per heavy atom. The van der Waals surface area contributed by atoms with E-state index in [1.807, 2.05) is 0 Å². The molecular formula is C16H14O6. The second kappa shape index (κ2) is 8.31. The standard InChI is InChI=1S/C16H14O6/c17-6-4-13(15(19)20)9-11-2-1-3-12(8-11)10-14(5-7-18)16(21)22/h1-3,6-10H,4-5H2,(H,19,20)(H,21,22). The van der Waals surface area contributed by atoms with Crippen molar-refractivity contribution in [2.24, 2.45) is 0 Å². The number of hydrogen-bond acceptors (Lipinski definition) is 4. The Kier molecular flexibility index (Phi) is 6.43. The normalized spacial score (nSPS) is 11.8. The van der Waals surface area contributed by atoms with Crippen LogP contribution in [-0.2, 0) is 19.2 Å². The second-order valence-corrected chi connectivity index (χ2v) is 4.36. The smallest absolute Gasteiger partial charge is 0.332 e. The van der Waals surface area contributed by atoms with Gasteiger partial charge >= 0.3 is 11.9 Å². The van der Waals surface area contributed by atoms with E-state index in [0.717, 1.165) is 0 Å². The highest BCUT2D eigenvalue weighted by Gasteiger charge is 2.08. The Morgan fingerprint density at radius 2 is 1.27 bits per heavy atom. The van der Waals surface area contributed by atoms with E-state index < -0.39 is 11.9 Å². The van der Waals surface area contributed by atoms with Gasteiger partial charge in [-0.1, -0.05) is 18.2 Å². The first kappa shape index (κ1) is 17.0. The molecule has 6 nitrogen and oxygen atoms in total. The average molecular weight is 302 g/mol. The molecule has 0 fully saturated rings. The molecule has 0 heterocycles. The monoisotopic (exact) mass is 302 g/mol. The van der Waals surface area contributed by atoms with Gasteiger partial charge in [0.2, 0.25) is 0 Å². The summed E-state index contributed by atoms with van der Waals surface area (Å²) < 4.78 is 0. The lowest BCUT2D eigenvalue weighted by Gasteiger charge is -2.02. The molecule has 0 unspecified atom stereocenters. The van der Waals surface area contributed by atoms with Crippen LogP contribution in [0.3, 0.4) is 0 Å². The number of carbonyl (C=O) groups is 4. The van der Waals surface area contributed by atoms with E-state index in [-0.39, 0.29) is 24.0 Å². The summed E-state index contributed by atoms with van der Waals surface area (Å²) in [5, 5.41) is 17.9. The third-order valence-electron chi connectivity index (χ3n) is 2.75. The number of hydrogen-bond donors (Lipinski definition) is 2. The van der Waals surface area contributed by atoms with Crippen molar-refractivity contribution in [3.8, 4) is 0 Å². The topological polar surface area (TPSA) is 109 Å². The third kappa shape index (κ3) is 5.16. The van der Waals surface area contributed by atoms with E-state index in [0.29, 0.717) is 23.7 Å². The summed E-state index contributed by atoms with van der Waals surface area (Å²) in [6, 6.07) is 6.45. The number of benzene rings is 1. The molecule has 0 aliphatic carbocycles. The van der Waals surface area contributed by atoms with Gasteiger partial charge in [-0.25, -0.2) is 9.59 Å². The van der Waals surface area contributed by atoms with E-state index in [1.54, 1.807) is 24.3 Å². The first-order chi connectivity index (χ1) is 10.5. The van der Waals surface area contributed by atoms with Crippen molar-refractivity contribution in [3.63, 3.8) is 0 Å².